The van der Waals surface area contributed by atoms with Gasteiger partial charge in [-0.05, 0) is 5.10 Å². The molecule has 0 aliphatic heterocycles. The Morgan fingerprint density at radius 3 is 2.88 bits per heavy atom. The van der Waals surface area contributed by atoms with Gasteiger partial charge in [0, 0.05) is 19.1 Å². The second-order valence-electron chi connectivity index (χ2n) is 3.09. The Morgan fingerprint density at radius 2 is 2.31 bits per heavy atom. The summed E-state index contributed by atoms with van der Waals surface area (Å²) in [5.41, 5.74) is 0.847. The third kappa shape index (κ3) is 3.11. The smallest absolute Gasteiger partial charge is 0.227 e. The largest absolute Gasteiger partial charge is 1.00 e. The average molecular weight is 286 g/mol. The van der Waals surface area contributed by atoms with E-state index in [1.165, 1.54) is 6.26 Å². The summed E-state index contributed by atoms with van der Waals surface area (Å²) in [4.78, 5) is 4.02. The fourth-order valence-electron chi connectivity index (χ4n) is 1.24. The van der Waals surface area contributed by atoms with Crippen molar-refractivity contribution < 1.29 is 31.2 Å². The van der Waals surface area contributed by atoms with Crippen LogP contribution >= 0.6 is 0 Å². The summed E-state index contributed by atoms with van der Waals surface area (Å²) in [5.74, 6) is 0.566. The Balaban J connectivity index is 0.00000128. The SMILES string of the molecule is OCCC[n+]1ccc(-c2ncco2)cn1.[Br-]. The monoisotopic (exact) mass is 285 g/mol. The zero-order chi connectivity index (χ0) is 10.5. The second-order valence-corrected chi connectivity index (χ2v) is 3.09. The van der Waals surface area contributed by atoms with Gasteiger partial charge in [-0.25, -0.2) is 4.98 Å². The van der Waals surface area contributed by atoms with Crippen molar-refractivity contribution in [1.82, 2.24) is 10.1 Å². The predicted octanol–water partition coefficient (Wildman–Crippen LogP) is -2.59. The van der Waals surface area contributed by atoms with Crippen molar-refractivity contribution in [1.29, 1.82) is 0 Å². The van der Waals surface area contributed by atoms with Crippen LogP contribution in [0.5, 0.6) is 0 Å². The van der Waals surface area contributed by atoms with Gasteiger partial charge in [-0.3, -0.25) is 0 Å². The van der Waals surface area contributed by atoms with E-state index in [0.29, 0.717) is 18.9 Å². The molecular weight excluding hydrogens is 274 g/mol. The van der Waals surface area contributed by atoms with Crippen molar-refractivity contribution in [3.8, 4) is 11.5 Å². The lowest BCUT2D eigenvalue weighted by molar-refractivity contribution is -0.754. The van der Waals surface area contributed by atoms with Crippen molar-refractivity contribution in [2.45, 2.75) is 13.0 Å². The number of nitrogens with zero attached hydrogens (tertiary/aromatic N) is 3. The molecule has 5 nitrogen and oxygen atoms in total. The molecule has 0 aliphatic rings. The van der Waals surface area contributed by atoms with Gasteiger partial charge >= 0.3 is 0 Å². The molecule has 1 N–H and O–H groups in total. The summed E-state index contributed by atoms with van der Waals surface area (Å²) in [6.07, 6.45) is 7.37. The quantitative estimate of drug-likeness (QED) is 0.627. The number of halogens is 1. The van der Waals surface area contributed by atoms with Crippen LogP contribution in [0.1, 0.15) is 6.42 Å². The number of aliphatic hydroxyl groups is 1. The molecule has 0 fully saturated rings. The van der Waals surface area contributed by atoms with Gasteiger partial charge in [0.2, 0.25) is 5.89 Å². The summed E-state index contributed by atoms with van der Waals surface area (Å²) in [5, 5.41) is 12.8. The second kappa shape index (κ2) is 6.34. The van der Waals surface area contributed by atoms with E-state index in [0.717, 1.165) is 5.56 Å². The van der Waals surface area contributed by atoms with E-state index in [9.17, 15) is 0 Å². The van der Waals surface area contributed by atoms with Crippen molar-refractivity contribution in [2.24, 2.45) is 0 Å². The van der Waals surface area contributed by atoms with Crippen molar-refractivity contribution >= 4 is 0 Å². The Bertz CT molecular complexity index is 403. The lowest BCUT2D eigenvalue weighted by Gasteiger charge is -1.94. The van der Waals surface area contributed by atoms with Crippen LogP contribution in [0.15, 0.2) is 35.3 Å². The maximum Gasteiger partial charge on any atom is 0.227 e. The molecule has 86 valence electrons. The maximum absolute atomic E-state index is 8.67. The van der Waals surface area contributed by atoms with Gasteiger partial charge in [0.15, 0.2) is 12.7 Å². The lowest BCUT2D eigenvalue weighted by atomic mass is 10.3. The fraction of sp³-hybridized carbons (Fsp3) is 0.300. The number of rotatable bonds is 4. The molecule has 2 aromatic rings. The zero-order valence-electron chi connectivity index (χ0n) is 8.58. The minimum Gasteiger partial charge on any atom is -1.00 e. The molecule has 0 unspecified atom stereocenters. The van der Waals surface area contributed by atoms with Gasteiger partial charge in [0.05, 0.1) is 11.8 Å². The Kier molecular flexibility index (Phi) is 5.07. The number of aromatic nitrogens is 3. The van der Waals surface area contributed by atoms with Crippen molar-refractivity contribution in [3.63, 3.8) is 0 Å². The third-order valence-electron chi connectivity index (χ3n) is 2.00. The summed E-state index contributed by atoms with van der Waals surface area (Å²) in [6.45, 7) is 0.887. The molecule has 0 radical (unpaired) electrons. The van der Waals surface area contributed by atoms with Crippen LogP contribution in [0.3, 0.4) is 0 Å². The van der Waals surface area contributed by atoms with Crippen LogP contribution in [0.2, 0.25) is 0 Å². The summed E-state index contributed by atoms with van der Waals surface area (Å²) in [6, 6.07) is 1.89. The minimum atomic E-state index is 0. The van der Waals surface area contributed by atoms with Gasteiger partial charge in [-0.2, -0.15) is 0 Å². The molecule has 2 rings (SSSR count). The number of hydrogen-bond acceptors (Lipinski definition) is 4. The Morgan fingerprint density at radius 1 is 1.44 bits per heavy atom. The van der Waals surface area contributed by atoms with E-state index in [1.807, 2.05) is 12.3 Å². The highest BCUT2D eigenvalue weighted by Gasteiger charge is 2.06. The van der Waals surface area contributed by atoms with Crippen LogP contribution in [0.4, 0.5) is 0 Å². The predicted molar refractivity (Wildman–Crippen MR) is 51.6 cm³/mol. The molecule has 0 spiro atoms. The standard InChI is InChI=1S/C10H12N3O2.BrH/c14-6-1-4-13-5-2-9(8-12-13)10-11-3-7-15-10;/h2-3,5,7-8,14H,1,4,6H2;1H/q+1;/p-1. The van der Waals surface area contributed by atoms with Crippen LogP contribution in [-0.2, 0) is 6.54 Å². The normalized spacial score (nSPS) is 9.81. The van der Waals surface area contributed by atoms with E-state index in [1.54, 1.807) is 17.1 Å². The molecule has 0 aliphatic carbocycles. The molecule has 16 heavy (non-hydrogen) atoms. The van der Waals surface area contributed by atoms with E-state index in [2.05, 4.69) is 10.1 Å². The van der Waals surface area contributed by atoms with Crippen LogP contribution in [0.25, 0.3) is 11.5 Å². The number of aryl methyl sites for hydroxylation is 1. The minimum absolute atomic E-state index is 0. The number of hydrogen-bond donors (Lipinski definition) is 1. The van der Waals surface area contributed by atoms with Gasteiger partial charge in [-0.15, -0.1) is 0 Å². The number of oxazole rings is 1. The first-order valence-electron chi connectivity index (χ1n) is 4.76. The lowest BCUT2D eigenvalue weighted by Crippen LogP contribution is -3.00. The van der Waals surface area contributed by atoms with E-state index in [-0.39, 0.29) is 23.6 Å². The highest BCUT2D eigenvalue weighted by molar-refractivity contribution is 5.49. The molecule has 0 saturated carbocycles. The van der Waals surface area contributed by atoms with Crippen LogP contribution in [-0.4, -0.2) is 21.8 Å². The average Bonchev–Trinajstić information content (AvgIpc) is 2.80. The van der Waals surface area contributed by atoms with Crippen LogP contribution < -0.4 is 21.7 Å². The molecule has 2 heterocycles. The first-order chi connectivity index (χ1) is 7.40. The molecular formula is C10H12BrN3O2. The zero-order valence-corrected chi connectivity index (χ0v) is 10.2. The molecule has 0 amide bonds. The molecule has 0 aromatic carbocycles. The van der Waals surface area contributed by atoms with E-state index in [4.69, 9.17) is 9.52 Å². The van der Waals surface area contributed by atoms with Gasteiger partial charge in [-0.1, -0.05) is 4.68 Å². The number of aliphatic hydroxyl groups excluding tert-OH is 1. The highest BCUT2D eigenvalue weighted by atomic mass is 79.9. The van der Waals surface area contributed by atoms with E-state index >= 15 is 0 Å². The first kappa shape index (κ1) is 12.8. The maximum atomic E-state index is 8.67. The van der Waals surface area contributed by atoms with Gasteiger partial charge < -0.3 is 26.5 Å². The highest BCUT2D eigenvalue weighted by Crippen LogP contribution is 2.12. The van der Waals surface area contributed by atoms with Gasteiger partial charge in [0.25, 0.3) is 0 Å². The first-order valence-corrected chi connectivity index (χ1v) is 4.76. The Hall–Kier alpha value is -1.27. The summed E-state index contributed by atoms with van der Waals surface area (Å²) in [7, 11) is 0. The van der Waals surface area contributed by atoms with Gasteiger partial charge in [0.1, 0.15) is 12.5 Å². The summed E-state index contributed by atoms with van der Waals surface area (Å²) < 4.78 is 6.91. The molecule has 0 saturated heterocycles. The molecule has 6 heteroatoms. The third-order valence-corrected chi connectivity index (χ3v) is 2.00. The Labute approximate surface area is 104 Å². The van der Waals surface area contributed by atoms with E-state index < -0.39 is 0 Å². The van der Waals surface area contributed by atoms with Crippen LogP contribution in [0, 0.1) is 0 Å². The molecule has 0 atom stereocenters. The summed E-state index contributed by atoms with van der Waals surface area (Å²) >= 11 is 0. The molecule has 0 bridgehead atoms. The topological polar surface area (TPSA) is 63.0 Å². The van der Waals surface area contributed by atoms with Crippen molar-refractivity contribution in [3.05, 3.63) is 30.9 Å². The fourth-order valence-corrected chi connectivity index (χ4v) is 1.24. The molecule has 2 aromatic heterocycles. The van der Waals surface area contributed by atoms with Crippen molar-refractivity contribution in [2.75, 3.05) is 6.61 Å².